The van der Waals surface area contributed by atoms with Crippen molar-refractivity contribution >= 4 is 11.7 Å². The molecule has 4 nitrogen and oxygen atoms in total. The number of hydrogen-bond donors (Lipinski definition) is 0. The molecule has 0 aliphatic carbocycles. The van der Waals surface area contributed by atoms with Crippen LogP contribution < -0.4 is 0 Å². The van der Waals surface area contributed by atoms with Crippen LogP contribution in [0.4, 0.5) is 0 Å². The lowest BCUT2D eigenvalue weighted by molar-refractivity contribution is 0.0582. The van der Waals surface area contributed by atoms with Gasteiger partial charge in [0.2, 0.25) is 0 Å². The largest absolute Gasteiger partial charge is 0.385 e. The van der Waals surface area contributed by atoms with Crippen LogP contribution >= 0.6 is 0 Å². The monoisotopic (exact) mass is 379 g/mol. The fraction of sp³-hybridized carbons (Fsp3) is 0.417. The number of likely N-dealkylation sites (tertiary alicyclic amines) is 1. The highest BCUT2D eigenvalue weighted by Crippen LogP contribution is 2.25. The van der Waals surface area contributed by atoms with Crippen LogP contribution in [0.15, 0.2) is 48.5 Å². The Balaban J connectivity index is 1.85. The van der Waals surface area contributed by atoms with Crippen LogP contribution in [0.3, 0.4) is 0 Å². The summed E-state index contributed by atoms with van der Waals surface area (Å²) in [4.78, 5) is 28.4. The zero-order valence-corrected chi connectivity index (χ0v) is 16.8. The zero-order valence-electron chi connectivity index (χ0n) is 16.8. The van der Waals surface area contributed by atoms with Crippen LogP contribution in [0.5, 0.6) is 0 Å². The van der Waals surface area contributed by atoms with Gasteiger partial charge in [-0.2, -0.15) is 0 Å². The fourth-order valence-corrected chi connectivity index (χ4v) is 3.91. The number of piperidine rings is 1. The van der Waals surface area contributed by atoms with Gasteiger partial charge in [-0.1, -0.05) is 48.0 Å². The molecule has 148 valence electrons. The molecule has 1 atom stereocenters. The van der Waals surface area contributed by atoms with Gasteiger partial charge in [-0.15, -0.1) is 0 Å². The minimum atomic E-state index is -0.100. The van der Waals surface area contributed by atoms with E-state index in [1.165, 1.54) is 0 Å². The van der Waals surface area contributed by atoms with Gasteiger partial charge < -0.3 is 9.64 Å². The van der Waals surface area contributed by atoms with Gasteiger partial charge in [0, 0.05) is 37.4 Å². The Morgan fingerprint density at radius 2 is 1.75 bits per heavy atom. The molecule has 1 amide bonds. The van der Waals surface area contributed by atoms with Gasteiger partial charge in [0.05, 0.1) is 5.56 Å². The average molecular weight is 380 g/mol. The molecule has 1 heterocycles. The second-order valence-corrected chi connectivity index (χ2v) is 7.52. The number of ketones is 1. The molecule has 3 rings (SSSR count). The van der Waals surface area contributed by atoms with Crippen molar-refractivity contribution in [2.24, 2.45) is 0 Å². The SMILES string of the molecule is COCCCC1CCCCN1C(=O)c1ccccc1C(=O)c1ccc(C)cc1. The highest BCUT2D eigenvalue weighted by molar-refractivity contribution is 6.15. The average Bonchev–Trinajstić information content (AvgIpc) is 2.74. The molecule has 2 aromatic carbocycles. The predicted octanol–water partition coefficient (Wildman–Crippen LogP) is 4.65. The third-order valence-corrected chi connectivity index (χ3v) is 5.49. The molecule has 1 fully saturated rings. The summed E-state index contributed by atoms with van der Waals surface area (Å²) in [7, 11) is 1.71. The Morgan fingerprint density at radius 3 is 2.46 bits per heavy atom. The van der Waals surface area contributed by atoms with Crippen molar-refractivity contribution in [1.82, 2.24) is 4.90 Å². The number of nitrogens with zero attached hydrogens (tertiary/aromatic N) is 1. The van der Waals surface area contributed by atoms with Crippen molar-refractivity contribution in [2.75, 3.05) is 20.3 Å². The number of rotatable bonds is 7. The first-order chi connectivity index (χ1) is 13.6. The van der Waals surface area contributed by atoms with E-state index >= 15 is 0 Å². The summed E-state index contributed by atoms with van der Waals surface area (Å²) in [5, 5.41) is 0. The smallest absolute Gasteiger partial charge is 0.254 e. The van der Waals surface area contributed by atoms with Crippen LogP contribution in [0, 0.1) is 6.92 Å². The van der Waals surface area contributed by atoms with Gasteiger partial charge in [-0.25, -0.2) is 0 Å². The molecule has 1 saturated heterocycles. The molecule has 1 unspecified atom stereocenters. The number of amides is 1. The molecule has 4 heteroatoms. The van der Waals surface area contributed by atoms with Gasteiger partial charge >= 0.3 is 0 Å². The summed E-state index contributed by atoms with van der Waals surface area (Å²) in [6.07, 6.45) is 5.05. The first-order valence-corrected chi connectivity index (χ1v) is 10.1. The van der Waals surface area contributed by atoms with E-state index in [-0.39, 0.29) is 17.7 Å². The second kappa shape index (κ2) is 9.65. The number of benzene rings is 2. The van der Waals surface area contributed by atoms with Crippen molar-refractivity contribution in [3.63, 3.8) is 0 Å². The lowest BCUT2D eigenvalue weighted by Crippen LogP contribution is -2.44. The molecule has 0 saturated carbocycles. The maximum absolute atomic E-state index is 13.4. The molecular formula is C24H29NO3. The minimum absolute atomic E-state index is 0.0295. The Morgan fingerprint density at radius 1 is 1.04 bits per heavy atom. The Hall–Kier alpha value is -2.46. The minimum Gasteiger partial charge on any atom is -0.385 e. The number of carbonyl (C=O) groups is 2. The van der Waals surface area contributed by atoms with Crippen molar-refractivity contribution < 1.29 is 14.3 Å². The summed E-state index contributed by atoms with van der Waals surface area (Å²) in [6.45, 7) is 3.45. The van der Waals surface area contributed by atoms with Crippen molar-refractivity contribution in [1.29, 1.82) is 0 Å². The summed E-state index contributed by atoms with van der Waals surface area (Å²) >= 11 is 0. The number of aryl methyl sites for hydroxylation is 1. The van der Waals surface area contributed by atoms with Crippen LogP contribution in [0.25, 0.3) is 0 Å². The summed E-state index contributed by atoms with van der Waals surface area (Å²) in [6, 6.07) is 14.9. The predicted molar refractivity (Wildman–Crippen MR) is 111 cm³/mol. The molecule has 0 spiro atoms. The summed E-state index contributed by atoms with van der Waals surface area (Å²) in [5.41, 5.74) is 2.71. The van der Waals surface area contributed by atoms with Gasteiger partial charge in [-0.05, 0) is 45.1 Å². The van der Waals surface area contributed by atoms with E-state index in [1.807, 2.05) is 48.2 Å². The fourth-order valence-electron chi connectivity index (χ4n) is 3.91. The van der Waals surface area contributed by atoms with E-state index in [1.54, 1.807) is 19.2 Å². The van der Waals surface area contributed by atoms with Crippen LogP contribution in [0.2, 0.25) is 0 Å². The molecular weight excluding hydrogens is 350 g/mol. The molecule has 1 aliphatic heterocycles. The maximum atomic E-state index is 13.4. The second-order valence-electron chi connectivity index (χ2n) is 7.52. The normalized spacial score (nSPS) is 16.8. The highest BCUT2D eigenvalue weighted by Gasteiger charge is 2.29. The van der Waals surface area contributed by atoms with Gasteiger partial charge in [-0.3, -0.25) is 9.59 Å². The number of ether oxygens (including phenoxy) is 1. The third kappa shape index (κ3) is 4.68. The van der Waals surface area contributed by atoms with Crippen molar-refractivity contribution in [3.05, 3.63) is 70.8 Å². The van der Waals surface area contributed by atoms with Crippen LogP contribution in [0.1, 0.15) is 63.9 Å². The molecule has 1 aliphatic rings. The standard InChI is InChI=1S/C24H29NO3/c1-18-12-14-19(15-13-18)23(26)21-10-3-4-11-22(21)24(27)25-16-6-5-8-20(25)9-7-17-28-2/h3-4,10-15,20H,5-9,16-17H2,1-2H3. The summed E-state index contributed by atoms with van der Waals surface area (Å²) in [5.74, 6) is -0.130. The number of carbonyl (C=O) groups excluding carboxylic acids is 2. The summed E-state index contributed by atoms with van der Waals surface area (Å²) < 4.78 is 5.17. The lowest BCUT2D eigenvalue weighted by Gasteiger charge is -2.36. The first-order valence-electron chi connectivity index (χ1n) is 10.1. The van der Waals surface area contributed by atoms with E-state index in [9.17, 15) is 9.59 Å². The molecule has 0 N–H and O–H groups in total. The van der Waals surface area contributed by atoms with Crippen molar-refractivity contribution in [2.45, 2.75) is 45.1 Å². The first kappa shape index (κ1) is 20.3. The Kier molecular flexibility index (Phi) is 6.99. The van der Waals surface area contributed by atoms with Gasteiger partial charge in [0.1, 0.15) is 0 Å². The lowest BCUT2D eigenvalue weighted by atomic mass is 9.94. The Bertz CT molecular complexity index is 813. The quantitative estimate of drug-likeness (QED) is 0.520. The van der Waals surface area contributed by atoms with Crippen LogP contribution in [-0.2, 0) is 4.74 Å². The van der Waals surface area contributed by atoms with Gasteiger partial charge in [0.25, 0.3) is 5.91 Å². The maximum Gasteiger partial charge on any atom is 0.254 e. The van der Waals surface area contributed by atoms with E-state index in [2.05, 4.69) is 0 Å². The van der Waals surface area contributed by atoms with Crippen molar-refractivity contribution in [3.8, 4) is 0 Å². The molecule has 0 radical (unpaired) electrons. The van der Waals surface area contributed by atoms with E-state index in [0.29, 0.717) is 23.3 Å². The Labute approximate surface area is 167 Å². The third-order valence-electron chi connectivity index (χ3n) is 5.49. The van der Waals surface area contributed by atoms with Crippen LogP contribution in [-0.4, -0.2) is 42.9 Å². The van der Waals surface area contributed by atoms with Gasteiger partial charge in [0.15, 0.2) is 5.78 Å². The molecule has 2 aromatic rings. The molecule has 0 bridgehead atoms. The van der Waals surface area contributed by atoms with E-state index in [0.717, 1.165) is 44.2 Å². The van der Waals surface area contributed by atoms with E-state index in [4.69, 9.17) is 4.74 Å². The molecule has 0 aromatic heterocycles. The number of hydrogen-bond acceptors (Lipinski definition) is 3. The zero-order chi connectivity index (χ0) is 19.9. The number of methoxy groups -OCH3 is 1. The highest BCUT2D eigenvalue weighted by atomic mass is 16.5. The topological polar surface area (TPSA) is 46.6 Å². The van der Waals surface area contributed by atoms with E-state index < -0.39 is 0 Å². The molecule has 28 heavy (non-hydrogen) atoms.